The molecule has 3 atom stereocenters. The Labute approximate surface area is 334 Å². The van der Waals surface area contributed by atoms with Crippen molar-refractivity contribution in [2.24, 2.45) is 0 Å². The van der Waals surface area contributed by atoms with E-state index in [-0.39, 0.29) is 0 Å². The van der Waals surface area contributed by atoms with E-state index in [1.54, 1.807) is 0 Å². The molecule has 53 heavy (non-hydrogen) atoms. The van der Waals surface area contributed by atoms with Crippen LogP contribution in [0.15, 0.2) is 18.7 Å². The van der Waals surface area contributed by atoms with Crippen LogP contribution in [0.4, 0.5) is 0 Å². The molecule has 1 rings (SSSR count). The fourth-order valence-corrected chi connectivity index (χ4v) is 8.89. The van der Waals surface area contributed by atoms with Crippen LogP contribution in [0.5, 0.6) is 0 Å². The molecule has 0 aliphatic carbocycles. The first-order valence-electron chi connectivity index (χ1n) is 24.5. The van der Waals surface area contributed by atoms with Gasteiger partial charge < -0.3 is 9.47 Å². The summed E-state index contributed by atoms with van der Waals surface area (Å²) >= 11 is 0. The highest BCUT2D eigenvalue weighted by Gasteiger charge is 2.26. The number of rotatable bonds is 41. The lowest BCUT2D eigenvalue weighted by molar-refractivity contribution is 0.0858. The zero-order valence-corrected chi connectivity index (χ0v) is 37.6. The number of hydrogen-bond acceptors (Lipinski definition) is 3. The predicted octanol–water partition coefficient (Wildman–Crippen LogP) is 15.8. The summed E-state index contributed by atoms with van der Waals surface area (Å²) in [6.45, 7) is 20.4. The predicted molar refractivity (Wildman–Crippen MR) is 238 cm³/mol. The minimum Gasteiger partial charge on any atom is -0.335 e. The van der Waals surface area contributed by atoms with Crippen LogP contribution in [0.25, 0.3) is 0 Å². The summed E-state index contributed by atoms with van der Waals surface area (Å²) in [7, 11) is 0. The molecule has 314 valence electrons. The fraction of sp³-hybridized carbons (Fsp3) is 0.939. The van der Waals surface area contributed by atoms with Crippen LogP contribution in [0, 0.1) is 0 Å². The minimum absolute atomic E-state index is 0.504. The van der Waals surface area contributed by atoms with Crippen LogP contribution >= 0.6 is 0 Å². The van der Waals surface area contributed by atoms with Crippen LogP contribution in [0.3, 0.4) is 0 Å². The second kappa shape index (κ2) is 36.7. The van der Waals surface area contributed by atoms with Gasteiger partial charge in [0.05, 0.1) is 6.33 Å². The van der Waals surface area contributed by atoms with Gasteiger partial charge >= 0.3 is 0 Å². The van der Waals surface area contributed by atoms with E-state index in [9.17, 15) is 0 Å². The topological polar surface area (TPSA) is 24.3 Å². The van der Waals surface area contributed by atoms with E-state index in [4.69, 9.17) is 0 Å². The van der Waals surface area contributed by atoms with Crippen LogP contribution in [0.1, 0.15) is 260 Å². The van der Waals surface area contributed by atoms with Crippen molar-refractivity contribution in [3.63, 3.8) is 0 Å². The molecule has 0 aliphatic rings. The molecule has 1 aromatic heterocycles. The van der Waals surface area contributed by atoms with Crippen molar-refractivity contribution in [3.05, 3.63) is 18.7 Å². The Bertz CT molecular complexity index is 832. The highest BCUT2D eigenvalue weighted by molar-refractivity contribution is 4.83. The average molecular weight is 743 g/mol. The van der Waals surface area contributed by atoms with E-state index in [2.05, 4.69) is 74.0 Å². The molecule has 0 spiro atoms. The number of unbranched alkanes of at least 4 members (excludes halogenated alkanes) is 18. The van der Waals surface area contributed by atoms with Gasteiger partial charge in [-0.25, -0.2) is 4.98 Å². The third kappa shape index (κ3) is 25.8. The molecular weight excluding hydrogens is 645 g/mol. The second-order valence-corrected chi connectivity index (χ2v) is 17.3. The molecule has 0 aliphatic heterocycles. The number of aromatic nitrogens is 2. The lowest BCUT2D eigenvalue weighted by Crippen LogP contribution is -2.45. The van der Waals surface area contributed by atoms with E-state index in [0.29, 0.717) is 6.04 Å². The van der Waals surface area contributed by atoms with Crippen molar-refractivity contribution in [1.82, 2.24) is 19.4 Å². The SMILES string of the molecule is CCCCCCCCCCC(CCCCCCCC)N(CCCN(CCC(C)n1ccnc1)C(CCCC)CCCC)C(CCCC)CCCCCC. The van der Waals surface area contributed by atoms with Gasteiger partial charge in [-0.1, -0.05) is 196 Å². The van der Waals surface area contributed by atoms with Gasteiger partial charge in [-0.3, -0.25) is 4.90 Å². The molecule has 4 heteroatoms. The molecule has 1 heterocycles. The second-order valence-electron chi connectivity index (χ2n) is 17.3. The van der Waals surface area contributed by atoms with Crippen LogP contribution in [0.2, 0.25) is 0 Å². The van der Waals surface area contributed by atoms with Gasteiger partial charge in [0.15, 0.2) is 0 Å². The summed E-state index contributed by atoms with van der Waals surface area (Å²) in [5.41, 5.74) is 0. The van der Waals surface area contributed by atoms with Crippen molar-refractivity contribution in [1.29, 1.82) is 0 Å². The fourth-order valence-electron chi connectivity index (χ4n) is 8.89. The normalized spacial score (nSPS) is 13.8. The molecule has 0 amide bonds. The van der Waals surface area contributed by atoms with Gasteiger partial charge in [-0.05, 0) is 71.4 Å². The van der Waals surface area contributed by atoms with E-state index in [0.717, 1.165) is 18.1 Å². The Kier molecular flexibility index (Phi) is 34.8. The summed E-state index contributed by atoms with van der Waals surface area (Å²) in [5.74, 6) is 0. The third-order valence-electron chi connectivity index (χ3n) is 12.5. The maximum absolute atomic E-state index is 4.37. The molecule has 0 bridgehead atoms. The highest BCUT2D eigenvalue weighted by atomic mass is 15.2. The smallest absolute Gasteiger partial charge is 0.0948 e. The van der Waals surface area contributed by atoms with Crippen LogP contribution < -0.4 is 0 Å². The molecule has 3 unspecified atom stereocenters. The molecule has 0 saturated heterocycles. The summed E-state index contributed by atoms with van der Waals surface area (Å²) in [6, 6.07) is 2.79. The Morgan fingerprint density at radius 2 is 0.811 bits per heavy atom. The number of imidazole rings is 1. The van der Waals surface area contributed by atoms with Crippen molar-refractivity contribution in [3.8, 4) is 0 Å². The quantitative estimate of drug-likeness (QED) is 0.0624. The Hall–Kier alpha value is -0.870. The summed E-state index contributed by atoms with van der Waals surface area (Å²) in [6.07, 6.45) is 50.8. The van der Waals surface area contributed by atoms with Gasteiger partial charge in [0.2, 0.25) is 0 Å². The number of hydrogen-bond donors (Lipinski definition) is 0. The first-order chi connectivity index (χ1) is 26.1. The van der Waals surface area contributed by atoms with E-state index in [1.807, 2.05) is 12.5 Å². The zero-order chi connectivity index (χ0) is 38.6. The maximum atomic E-state index is 4.37. The van der Waals surface area contributed by atoms with E-state index in [1.165, 1.54) is 225 Å². The third-order valence-corrected chi connectivity index (χ3v) is 12.5. The molecule has 4 nitrogen and oxygen atoms in total. The minimum atomic E-state index is 0.504. The summed E-state index contributed by atoms with van der Waals surface area (Å²) in [5, 5.41) is 0. The first-order valence-corrected chi connectivity index (χ1v) is 24.5. The summed E-state index contributed by atoms with van der Waals surface area (Å²) in [4.78, 5) is 10.5. The van der Waals surface area contributed by atoms with Crippen molar-refractivity contribution in [2.45, 2.75) is 278 Å². The van der Waals surface area contributed by atoms with Crippen molar-refractivity contribution in [2.75, 3.05) is 19.6 Å². The van der Waals surface area contributed by atoms with Crippen LogP contribution in [-0.2, 0) is 0 Å². The Morgan fingerprint density at radius 1 is 0.415 bits per heavy atom. The number of nitrogens with zero attached hydrogens (tertiary/aromatic N) is 4. The molecule has 1 aromatic rings. The lowest BCUT2D eigenvalue weighted by Gasteiger charge is -2.40. The largest absolute Gasteiger partial charge is 0.335 e. The van der Waals surface area contributed by atoms with Crippen LogP contribution in [-0.4, -0.2) is 57.1 Å². The van der Waals surface area contributed by atoms with Crippen molar-refractivity contribution >= 4 is 0 Å². The van der Waals surface area contributed by atoms with Gasteiger partial charge in [0, 0.05) is 43.1 Å². The average Bonchev–Trinajstić information content (AvgIpc) is 3.72. The first kappa shape index (κ1) is 50.1. The maximum Gasteiger partial charge on any atom is 0.0948 e. The van der Waals surface area contributed by atoms with E-state index < -0.39 is 0 Å². The van der Waals surface area contributed by atoms with Gasteiger partial charge in [0.25, 0.3) is 0 Å². The molecule has 0 saturated carbocycles. The lowest BCUT2D eigenvalue weighted by atomic mass is 9.93. The molecule has 0 fully saturated rings. The molecular formula is C49H98N4. The zero-order valence-electron chi connectivity index (χ0n) is 37.6. The molecule has 0 aromatic carbocycles. The Balaban J connectivity index is 3.23. The molecule has 0 N–H and O–H groups in total. The van der Waals surface area contributed by atoms with Gasteiger partial charge in [0.1, 0.15) is 0 Å². The Morgan fingerprint density at radius 3 is 1.25 bits per heavy atom. The molecule has 0 radical (unpaired) electrons. The highest BCUT2D eigenvalue weighted by Crippen LogP contribution is 2.27. The summed E-state index contributed by atoms with van der Waals surface area (Å²) < 4.78 is 2.32. The standard InChI is InChI=1S/C49H98N4/c1-8-14-20-23-25-26-28-31-38-49(37-30-27-24-21-15-9-2)53(48(35-19-13-6)36-29-22-16-10-3)42-32-41-51(47(33-17-11-4)34-18-12-5)43-39-46(7)52-44-40-50-45-52/h40,44-49H,8-39,41-43H2,1-7H3. The van der Waals surface area contributed by atoms with E-state index >= 15 is 0 Å². The van der Waals surface area contributed by atoms with Crippen molar-refractivity contribution < 1.29 is 0 Å². The monoisotopic (exact) mass is 743 g/mol. The van der Waals surface area contributed by atoms with Gasteiger partial charge in [-0.2, -0.15) is 0 Å². The van der Waals surface area contributed by atoms with Gasteiger partial charge in [-0.15, -0.1) is 0 Å².